The van der Waals surface area contributed by atoms with Crippen LogP contribution in [0.25, 0.3) is 0 Å². The summed E-state index contributed by atoms with van der Waals surface area (Å²) in [4.78, 5) is 0. The van der Waals surface area contributed by atoms with E-state index in [9.17, 15) is 0 Å². The molecule has 0 aromatic heterocycles. The maximum Gasteiger partial charge on any atom is 0.0628 e. The molecule has 24 bridgehead atoms. The molecule has 0 amide bonds. The molecule has 0 spiro atoms. The van der Waals surface area contributed by atoms with Crippen LogP contribution in [0.5, 0.6) is 0 Å². The van der Waals surface area contributed by atoms with E-state index in [4.69, 9.17) is 0 Å². The van der Waals surface area contributed by atoms with Gasteiger partial charge in [0.1, 0.15) is 0 Å². The van der Waals surface area contributed by atoms with Gasteiger partial charge in [-0.1, -0.05) is 154 Å². The lowest BCUT2D eigenvalue weighted by atomic mass is 9.76. The van der Waals surface area contributed by atoms with Crippen LogP contribution in [0.4, 0.5) is 0 Å². The topological polar surface area (TPSA) is 289 Å². The van der Waals surface area contributed by atoms with Crippen molar-refractivity contribution >= 4 is 71.9 Å². The van der Waals surface area contributed by atoms with Crippen LogP contribution >= 0.6 is 71.9 Å². The van der Waals surface area contributed by atoms with Gasteiger partial charge in [0.05, 0.1) is 148 Å². The molecule has 696 valence electrons. The molecule has 15 heterocycles. The van der Waals surface area contributed by atoms with E-state index < -0.39 is 0 Å². The lowest BCUT2D eigenvalue weighted by molar-refractivity contribution is 0.167. The molecule has 12 aliphatic carbocycles. The van der Waals surface area contributed by atoms with Gasteiger partial charge in [0.15, 0.2) is 0 Å². The lowest BCUT2D eigenvalue weighted by Gasteiger charge is -2.35. The third-order valence-electron chi connectivity index (χ3n) is 41.4. The highest BCUT2D eigenvalue weighted by molar-refractivity contribution is 14.0. The third-order valence-corrected chi connectivity index (χ3v) is 41.4. The van der Waals surface area contributed by atoms with Crippen LogP contribution in [-0.4, -0.2) is 148 Å². The lowest BCUT2D eigenvalue weighted by Crippen LogP contribution is -2.61. The molecule has 123 heavy (non-hydrogen) atoms. The quantitative estimate of drug-likeness (QED) is 0.100. The number of hydrogen-bond acceptors (Lipinski definition) is 24. The first-order valence-corrected chi connectivity index (χ1v) is 53.7. The number of nitrogens with one attached hydrogen (secondary N) is 24. The molecule has 12 saturated carbocycles. The molecule has 27 heteroatoms. The van der Waals surface area contributed by atoms with Gasteiger partial charge < -0.3 is 0 Å². The molecule has 24 unspecified atom stereocenters. The van der Waals surface area contributed by atoms with Crippen LogP contribution in [0.15, 0.2) is 0 Å². The highest BCUT2D eigenvalue weighted by atomic mass is 127. The van der Waals surface area contributed by atoms with Gasteiger partial charge in [-0.05, 0) is 296 Å². The maximum absolute atomic E-state index is 4.26. The summed E-state index contributed by atoms with van der Waals surface area (Å²) in [5.74, 6) is 17.9. The van der Waals surface area contributed by atoms with Crippen LogP contribution in [-0.2, 0) is 0 Å². The zero-order valence-electron chi connectivity index (χ0n) is 74.9. The van der Waals surface area contributed by atoms with Gasteiger partial charge in [0, 0.05) is 0 Å². The predicted molar refractivity (Wildman–Crippen MR) is 518 cm³/mol. The summed E-state index contributed by atoms with van der Waals surface area (Å²) in [5, 5.41) is 101. The molecule has 0 radical (unpaired) electrons. The van der Waals surface area contributed by atoms with Crippen molar-refractivity contribution in [1.29, 1.82) is 0 Å². The standard InChI is InChI=1S/3C32H56N8.3HI/c3*1-2-10-18-17(9-1)25-33-26(18)38-28-21-13-5-6-14-22(21)30(35-28)40-32-24-16-8-7-15-23(24)31(36-32)39-29-20-12-4-3-11-19(20)27(34-29)37-25;;;/h3*17-40H,1-16H2;3*1H. The van der Waals surface area contributed by atoms with Crippen LogP contribution in [0.3, 0.4) is 0 Å². The van der Waals surface area contributed by atoms with E-state index in [0.717, 1.165) is 142 Å². The monoisotopic (exact) mass is 2040 g/mol. The smallest absolute Gasteiger partial charge is 0.0628 e. The van der Waals surface area contributed by atoms with Gasteiger partial charge in [-0.3, -0.25) is 128 Å². The summed E-state index contributed by atoms with van der Waals surface area (Å²) in [6, 6.07) is 0. The summed E-state index contributed by atoms with van der Waals surface area (Å²) in [6.45, 7) is 0. The molecule has 0 aromatic carbocycles. The average Bonchev–Trinajstić information content (AvgIpc) is 1.60. The van der Waals surface area contributed by atoms with Gasteiger partial charge in [-0.25, -0.2) is 0 Å². The molecule has 24 nitrogen and oxygen atoms in total. The molecule has 15 saturated heterocycles. The van der Waals surface area contributed by atoms with Gasteiger partial charge in [-0.2, -0.15) is 0 Å². The first-order valence-electron chi connectivity index (χ1n) is 53.7. The summed E-state index contributed by atoms with van der Waals surface area (Å²) >= 11 is 0. The largest absolute Gasteiger partial charge is 0.286 e. The maximum atomic E-state index is 4.26. The van der Waals surface area contributed by atoms with Crippen LogP contribution in [0.1, 0.15) is 308 Å². The second-order valence-electron chi connectivity index (χ2n) is 46.8. The third kappa shape index (κ3) is 17.1. The summed E-state index contributed by atoms with van der Waals surface area (Å²) < 4.78 is 0. The van der Waals surface area contributed by atoms with Crippen molar-refractivity contribution in [2.24, 2.45) is 142 Å². The van der Waals surface area contributed by atoms with Crippen molar-refractivity contribution < 1.29 is 0 Å². The van der Waals surface area contributed by atoms with Crippen molar-refractivity contribution in [2.45, 2.75) is 456 Å². The van der Waals surface area contributed by atoms with Crippen LogP contribution in [0, 0.1) is 142 Å². The number of rotatable bonds is 0. The fraction of sp³-hybridized carbons (Fsp3) is 1.00. The Bertz CT molecular complexity index is 2490. The van der Waals surface area contributed by atoms with Gasteiger partial charge in [0.2, 0.25) is 0 Å². The zero-order chi connectivity index (χ0) is 78.6. The van der Waals surface area contributed by atoms with E-state index in [1.54, 1.807) is 0 Å². The minimum atomic E-state index is 0. The molecule has 27 rings (SSSR count). The highest BCUT2D eigenvalue weighted by Gasteiger charge is 2.61. The molecule has 0 aromatic rings. The molecular formula is C96H171I3N24. The van der Waals surface area contributed by atoms with Crippen LogP contribution < -0.4 is 128 Å². The van der Waals surface area contributed by atoms with Gasteiger partial charge in [-0.15, -0.1) is 71.9 Å². The SMILES string of the molecule is C1CCC2C3NC(NC4NC(NC5NC(NC6NC(N3)C3CCCCC63)C3CCCCC53)C3CCCCC43)C2C1.C1CCC2C3NC(NC4NC(NC5NC(NC6NC(N3)C3CCCCC63)C3CCCCC53)C3CCCCC43)C2C1.C1CCC2C3NC(NC4NC(NC5NC(NC6NC(N3)C3CCCCC63)C3CCCCC53)C3CCCCC43)C2C1.I.I.I. The summed E-state index contributed by atoms with van der Waals surface area (Å²) in [7, 11) is 0. The fourth-order valence-electron chi connectivity index (χ4n) is 35.9. The van der Waals surface area contributed by atoms with Crippen molar-refractivity contribution in [3.8, 4) is 0 Å². The Balaban J connectivity index is 0.000000109. The average molecular weight is 2040 g/mol. The Morgan fingerprint density at radius 2 is 0.114 bits per heavy atom. The summed E-state index contributed by atoms with van der Waals surface area (Å²) in [5.41, 5.74) is 0. The number of hydrogen-bond donors (Lipinski definition) is 24. The molecule has 27 aliphatic rings. The Morgan fingerprint density at radius 1 is 0.0732 bits per heavy atom. The van der Waals surface area contributed by atoms with Gasteiger partial charge >= 0.3 is 0 Å². The number of halogens is 3. The zero-order valence-corrected chi connectivity index (χ0v) is 81.9. The Morgan fingerprint density at radius 3 is 0.154 bits per heavy atom. The second kappa shape index (κ2) is 39.0. The molecule has 24 N–H and O–H groups in total. The van der Waals surface area contributed by atoms with Crippen molar-refractivity contribution in [1.82, 2.24) is 128 Å². The molecule has 15 aliphatic heterocycles. The first kappa shape index (κ1) is 89.4. The van der Waals surface area contributed by atoms with Crippen molar-refractivity contribution in [3.63, 3.8) is 0 Å². The minimum absolute atomic E-state index is 0. The molecule has 24 atom stereocenters. The van der Waals surface area contributed by atoms with E-state index in [1.165, 1.54) is 308 Å². The molecular weight excluding hydrogens is 1870 g/mol. The fourth-order valence-corrected chi connectivity index (χ4v) is 35.9. The van der Waals surface area contributed by atoms with Crippen molar-refractivity contribution in [2.75, 3.05) is 0 Å². The van der Waals surface area contributed by atoms with Crippen LogP contribution in [0.2, 0.25) is 0 Å². The summed E-state index contributed by atoms with van der Waals surface area (Å²) in [6.07, 6.45) is 76.7. The highest BCUT2D eigenvalue weighted by Crippen LogP contribution is 2.53. The Hall–Kier alpha value is 1.23. The predicted octanol–water partition coefficient (Wildman–Crippen LogP) is 9.67. The van der Waals surface area contributed by atoms with E-state index in [1.807, 2.05) is 0 Å². The van der Waals surface area contributed by atoms with E-state index in [0.29, 0.717) is 148 Å². The van der Waals surface area contributed by atoms with E-state index >= 15 is 0 Å². The van der Waals surface area contributed by atoms with Crippen molar-refractivity contribution in [3.05, 3.63) is 0 Å². The normalized spacial score (nSPS) is 56.2. The van der Waals surface area contributed by atoms with E-state index in [2.05, 4.69) is 128 Å². The second-order valence-corrected chi connectivity index (χ2v) is 46.8. The Kier molecular flexibility index (Phi) is 28.4. The minimum Gasteiger partial charge on any atom is -0.286 e. The Labute approximate surface area is 791 Å². The van der Waals surface area contributed by atoms with E-state index in [-0.39, 0.29) is 71.9 Å². The molecule has 27 fully saturated rings. The van der Waals surface area contributed by atoms with Gasteiger partial charge in [0.25, 0.3) is 0 Å². The first-order chi connectivity index (χ1) is 59.4. The number of fused-ring (bicyclic) bond motifs is 60.